The van der Waals surface area contributed by atoms with Gasteiger partial charge in [-0.15, -0.1) is 0 Å². The Morgan fingerprint density at radius 1 is 0.144 bits per heavy atom. The molecule has 0 aromatic heterocycles. The lowest BCUT2D eigenvalue weighted by Gasteiger charge is -2.27. The molecule has 16 heteroatoms. The summed E-state index contributed by atoms with van der Waals surface area (Å²) in [5.41, 5.74) is 7.35. The van der Waals surface area contributed by atoms with Gasteiger partial charge in [-0.2, -0.15) is 0 Å². The van der Waals surface area contributed by atoms with Gasteiger partial charge < -0.3 is 37.9 Å². The number of benzene rings is 8. The van der Waals surface area contributed by atoms with E-state index in [0.717, 1.165) is 169 Å². The van der Waals surface area contributed by atoms with Crippen molar-refractivity contribution in [3.05, 3.63) is 142 Å². The summed E-state index contributed by atoms with van der Waals surface area (Å²) in [4.78, 5) is 15.5. The van der Waals surface area contributed by atoms with E-state index in [9.17, 15) is 0 Å². The van der Waals surface area contributed by atoms with Gasteiger partial charge in [0.2, 0.25) is 0 Å². The van der Waals surface area contributed by atoms with E-state index in [1.165, 1.54) is 0 Å². The van der Waals surface area contributed by atoms with Crippen LogP contribution in [0.3, 0.4) is 0 Å². The second-order valence-corrected chi connectivity index (χ2v) is 43.5. The van der Waals surface area contributed by atoms with Gasteiger partial charge in [0.15, 0.2) is 0 Å². The predicted octanol–water partition coefficient (Wildman–Crippen LogP) is 27.7. The normalized spacial score (nSPS) is 13.8. The van der Waals surface area contributed by atoms with E-state index in [4.69, 9.17) is 37.9 Å². The minimum Gasteiger partial charge on any atom is -0.494 e. The maximum atomic E-state index is 6.72. The molecule has 0 spiro atoms. The molecule has 1 aliphatic rings. The lowest BCUT2D eigenvalue weighted by molar-refractivity contribution is 0.389. The van der Waals surface area contributed by atoms with Gasteiger partial charge >= 0.3 is 0 Å². The Morgan fingerprint density at radius 2 is 0.212 bits per heavy atom. The Labute approximate surface area is 658 Å². The molecule has 0 saturated heterocycles. The fourth-order valence-corrected chi connectivity index (χ4v) is 21.8. The highest BCUT2D eigenvalue weighted by Gasteiger charge is 2.34. The molecular formula is C88H112O8S8. The zero-order valence-electron chi connectivity index (χ0n) is 67.8. The second kappa shape index (κ2) is 31.5. The van der Waals surface area contributed by atoms with Crippen LogP contribution in [0.5, 0.6) is 46.0 Å². The van der Waals surface area contributed by atoms with Crippen molar-refractivity contribution < 1.29 is 37.9 Å². The molecule has 1 heterocycles. The maximum absolute atomic E-state index is 6.72. The Balaban J connectivity index is 1.42. The average molecular weight is 1550 g/mol. The highest BCUT2D eigenvalue weighted by atomic mass is 32.2. The van der Waals surface area contributed by atoms with E-state index in [-0.39, 0.29) is 43.3 Å². The highest BCUT2D eigenvalue weighted by Crippen LogP contribution is 2.60. The van der Waals surface area contributed by atoms with Gasteiger partial charge in [0, 0.05) is 0 Å². The molecule has 8 nitrogen and oxygen atoms in total. The SMILES string of the molecule is COc1c2cc(C(C)(C)C)cc1Sc1cc(C(C)(C)C)cc(c1OC)Sc1cc(C(C)(C)C)cc(c1OC)Sc1cc(C(C)(C)C)cc(c1OC)Sc1cc(C(C)(C)C)cc(c1OC)Sc1cc(C(C)(C)C)cc(c1OC)Sc1cc(C(C)(C)C)cc(c1OC)Sc1cc(C(C)(C)C)cc(c1OC)S2. The molecule has 0 radical (unpaired) electrons. The number of rotatable bonds is 8. The summed E-state index contributed by atoms with van der Waals surface area (Å²) in [5.74, 6) is 6.10. The Kier molecular flexibility index (Phi) is 25.1. The highest BCUT2D eigenvalue weighted by molar-refractivity contribution is 8.02. The number of hydrogen-bond donors (Lipinski definition) is 0. The predicted molar refractivity (Wildman–Crippen MR) is 447 cm³/mol. The van der Waals surface area contributed by atoms with Crippen molar-refractivity contribution >= 4 is 94.1 Å². The van der Waals surface area contributed by atoms with E-state index >= 15 is 0 Å². The molecule has 1 aliphatic heterocycles. The summed E-state index contributed by atoms with van der Waals surface area (Å²) in [5, 5.41) is 0. The fourth-order valence-electron chi connectivity index (χ4n) is 11.8. The van der Waals surface area contributed by atoms with Gasteiger partial charge in [0.1, 0.15) is 46.0 Å². The monoisotopic (exact) mass is 1550 g/mol. The number of fused-ring (bicyclic) bond motifs is 16. The van der Waals surface area contributed by atoms with Crippen LogP contribution in [0.1, 0.15) is 211 Å². The van der Waals surface area contributed by atoms with Crippen LogP contribution >= 0.6 is 94.1 Å². The van der Waals surface area contributed by atoms with E-state index in [0.29, 0.717) is 0 Å². The molecule has 104 heavy (non-hydrogen) atoms. The summed E-state index contributed by atoms with van der Waals surface area (Å²) in [7, 11) is 14.3. The van der Waals surface area contributed by atoms with Crippen molar-refractivity contribution in [2.45, 2.75) is 288 Å². The van der Waals surface area contributed by atoms with Gasteiger partial charge in [-0.1, -0.05) is 260 Å². The molecule has 0 N–H and O–H groups in total. The molecule has 8 aromatic rings. The van der Waals surface area contributed by atoms with Gasteiger partial charge in [-0.25, -0.2) is 0 Å². The average Bonchev–Trinajstić information content (AvgIpc) is 0.773. The summed E-state index contributed by atoms with van der Waals surface area (Å²) in [6, 6.07) is 36.9. The van der Waals surface area contributed by atoms with Crippen LogP contribution in [0, 0.1) is 0 Å². The summed E-state index contributed by atoms with van der Waals surface area (Å²) in [6.07, 6.45) is 0. The minimum absolute atomic E-state index is 0.246. The molecule has 0 atom stereocenters. The van der Waals surface area contributed by atoms with Crippen LogP contribution in [-0.4, -0.2) is 56.9 Å². The molecule has 16 bridgehead atoms. The number of hydrogen-bond acceptors (Lipinski definition) is 16. The van der Waals surface area contributed by atoms with Crippen LogP contribution < -0.4 is 37.9 Å². The van der Waals surface area contributed by atoms with Crippen LogP contribution in [0.4, 0.5) is 0 Å². The summed E-state index contributed by atoms with van der Waals surface area (Å²) < 4.78 is 53.8. The Morgan fingerprint density at radius 3 is 0.260 bits per heavy atom. The van der Waals surface area contributed by atoms with Crippen LogP contribution in [0.2, 0.25) is 0 Å². The van der Waals surface area contributed by atoms with Crippen molar-refractivity contribution in [1.82, 2.24) is 0 Å². The van der Waals surface area contributed by atoms with E-state index in [1.807, 2.05) is 0 Å². The molecule has 0 amide bonds. The second-order valence-electron chi connectivity index (χ2n) is 34.9. The Hall–Kier alpha value is -5.04. The van der Waals surface area contributed by atoms with Crippen molar-refractivity contribution in [2.75, 3.05) is 56.9 Å². The molecule has 0 fully saturated rings. The zero-order chi connectivity index (χ0) is 77.1. The molecule has 9 rings (SSSR count). The van der Waals surface area contributed by atoms with Crippen LogP contribution in [-0.2, 0) is 43.3 Å². The first-order valence-corrected chi connectivity index (χ1v) is 41.9. The van der Waals surface area contributed by atoms with Crippen LogP contribution in [0.25, 0.3) is 0 Å². The molecule has 0 aliphatic carbocycles. The molecular weight excluding hydrogens is 1440 g/mol. The van der Waals surface area contributed by atoms with Crippen molar-refractivity contribution in [3.63, 3.8) is 0 Å². The number of methoxy groups -OCH3 is 8. The van der Waals surface area contributed by atoms with Crippen molar-refractivity contribution in [3.8, 4) is 46.0 Å². The molecule has 560 valence electrons. The molecule has 0 unspecified atom stereocenters. The fraction of sp³-hybridized carbons (Fsp3) is 0.455. The van der Waals surface area contributed by atoms with E-state index in [1.54, 1.807) is 151 Å². The summed E-state index contributed by atoms with van der Waals surface area (Å²) >= 11 is 13.4. The van der Waals surface area contributed by atoms with Gasteiger partial charge in [0.25, 0.3) is 0 Å². The first-order chi connectivity index (χ1) is 48.2. The lowest BCUT2D eigenvalue weighted by atomic mass is 9.87. The molecule has 8 aromatic carbocycles. The third-order valence-electron chi connectivity index (χ3n) is 18.5. The van der Waals surface area contributed by atoms with E-state index < -0.39 is 0 Å². The first kappa shape index (κ1) is 83.0. The maximum Gasteiger partial charge on any atom is 0.146 e. The topological polar surface area (TPSA) is 73.8 Å². The third-order valence-corrected chi connectivity index (χ3v) is 26.9. The zero-order valence-corrected chi connectivity index (χ0v) is 74.3. The number of ether oxygens (including phenoxy) is 8. The summed E-state index contributed by atoms with van der Waals surface area (Å²) in [6.45, 7) is 54.7. The Bertz CT molecular complexity index is 3470. The van der Waals surface area contributed by atoms with Crippen LogP contribution in [0.15, 0.2) is 175 Å². The minimum atomic E-state index is -0.246. The van der Waals surface area contributed by atoms with Gasteiger partial charge in [-0.05, 0) is 185 Å². The quantitative estimate of drug-likeness (QED) is 0.145. The largest absolute Gasteiger partial charge is 0.494 e. The smallest absolute Gasteiger partial charge is 0.146 e. The van der Waals surface area contributed by atoms with Gasteiger partial charge in [-0.3, -0.25) is 0 Å². The standard InChI is InChI=1S/C88H112O8S8/c1-81(2,3)49-33-57-73(89-25)58(34-49)98-60-36-51(83(7,8)9)38-62(75(60)91-27)100-64-40-53(85(13,14)15)42-66(77(64)93-29)102-68-44-55(87(19,20)21)46-70(79(68)95-31)104-72-48-56(88(22,23)24)47-71(80(72)96-32)103-69-45-54(86(16,17)18)43-67(78(69)94-30)101-65-41-52(84(10,11)12)39-63(76(65)92-28)99-61-37-50(82(4,5)6)35-59(97-57)74(61)90-26/h33-48H,1-32H3. The van der Waals surface area contributed by atoms with Gasteiger partial charge in [0.05, 0.1) is 135 Å². The lowest BCUT2D eigenvalue weighted by Crippen LogP contribution is -2.13. The van der Waals surface area contributed by atoms with E-state index in [2.05, 4.69) is 263 Å². The first-order valence-electron chi connectivity index (χ1n) is 35.4. The molecule has 0 saturated carbocycles. The van der Waals surface area contributed by atoms with Crippen molar-refractivity contribution in [1.29, 1.82) is 0 Å². The van der Waals surface area contributed by atoms with Crippen molar-refractivity contribution in [2.24, 2.45) is 0 Å². The third kappa shape index (κ3) is 18.6.